The van der Waals surface area contributed by atoms with Crippen molar-refractivity contribution in [2.75, 3.05) is 0 Å². The van der Waals surface area contributed by atoms with Crippen LogP contribution in [0.25, 0.3) is 0 Å². The first-order chi connectivity index (χ1) is 13.8. The van der Waals surface area contributed by atoms with E-state index in [-0.39, 0.29) is 18.0 Å². The summed E-state index contributed by atoms with van der Waals surface area (Å²) in [5.41, 5.74) is 0.781. The van der Waals surface area contributed by atoms with E-state index in [1.165, 1.54) is 36.5 Å². The number of hydrogen-bond donors (Lipinski definition) is 4. The molecule has 0 radical (unpaired) electrons. The van der Waals surface area contributed by atoms with Crippen molar-refractivity contribution in [3.63, 3.8) is 0 Å². The summed E-state index contributed by atoms with van der Waals surface area (Å²) in [5.74, 6) is -2.30. The highest BCUT2D eigenvalue weighted by Crippen LogP contribution is 2.10. The Labute approximate surface area is 169 Å². The van der Waals surface area contributed by atoms with Gasteiger partial charge < -0.3 is 20.7 Å². The standard InChI is InChI=1S/C20H25BFN3O4/c1-13(2)11-18(21(28)29)25-20(27)17(12-14-6-8-15(22)9-7-14)24-19(26)16-5-3-4-10-23-16/h3-10,13,17-18,28-29H,11-12H2,1-2H3,(H,24,26)(H,25,27)/t17-,18+/m0/s1. The summed E-state index contributed by atoms with van der Waals surface area (Å²) in [7, 11) is -1.74. The first-order valence-corrected chi connectivity index (χ1v) is 9.39. The lowest BCUT2D eigenvalue weighted by Gasteiger charge is -2.24. The number of benzene rings is 1. The van der Waals surface area contributed by atoms with Crippen LogP contribution in [0.15, 0.2) is 48.7 Å². The van der Waals surface area contributed by atoms with Crippen LogP contribution in [0.2, 0.25) is 0 Å². The third kappa shape index (κ3) is 7.28. The lowest BCUT2D eigenvalue weighted by atomic mass is 9.75. The maximum absolute atomic E-state index is 13.2. The fourth-order valence-corrected chi connectivity index (χ4v) is 2.84. The van der Waals surface area contributed by atoms with E-state index < -0.39 is 36.7 Å². The largest absolute Gasteiger partial charge is 0.475 e. The molecule has 0 bridgehead atoms. The molecule has 0 spiro atoms. The van der Waals surface area contributed by atoms with Crippen LogP contribution in [0.1, 0.15) is 36.3 Å². The van der Waals surface area contributed by atoms with Crippen molar-refractivity contribution in [3.8, 4) is 0 Å². The molecular formula is C20H25BFN3O4. The van der Waals surface area contributed by atoms with E-state index in [0.29, 0.717) is 12.0 Å². The fourth-order valence-electron chi connectivity index (χ4n) is 2.84. The molecule has 1 aromatic carbocycles. The number of carbonyl (C=O) groups excluding carboxylic acids is 2. The van der Waals surface area contributed by atoms with Crippen molar-refractivity contribution >= 4 is 18.9 Å². The molecule has 0 aliphatic carbocycles. The van der Waals surface area contributed by atoms with Gasteiger partial charge in [0.2, 0.25) is 5.91 Å². The van der Waals surface area contributed by atoms with Gasteiger partial charge in [-0.25, -0.2) is 4.39 Å². The van der Waals surface area contributed by atoms with Gasteiger partial charge >= 0.3 is 7.12 Å². The van der Waals surface area contributed by atoms with Gasteiger partial charge in [0, 0.05) is 12.6 Å². The predicted molar refractivity (Wildman–Crippen MR) is 107 cm³/mol. The van der Waals surface area contributed by atoms with Gasteiger partial charge in [-0.05, 0) is 42.2 Å². The summed E-state index contributed by atoms with van der Waals surface area (Å²) in [5, 5.41) is 24.4. The number of aromatic nitrogens is 1. The van der Waals surface area contributed by atoms with Crippen LogP contribution in [0.5, 0.6) is 0 Å². The Bertz CT molecular complexity index is 803. The van der Waals surface area contributed by atoms with Gasteiger partial charge in [0.25, 0.3) is 5.91 Å². The Morgan fingerprint density at radius 2 is 1.79 bits per heavy atom. The maximum Gasteiger partial charge on any atom is 0.475 e. The highest BCUT2D eigenvalue weighted by molar-refractivity contribution is 6.43. The van der Waals surface area contributed by atoms with Crippen LogP contribution >= 0.6 is 0 Å². The van der Waals surface area contributed by atoms with Crippen LogP contribution in [0.4, 0.5) is 4.39 Å². The third-order valence-corrected chi connectivity index (χ3v) is 4.29. The quantitative estimate of drug-likeness (QED) is 0.471. The van der Waals surface area contributed by atoms with Crippen LogP contribution in [0, 0.1) is 11.7 Å². The number of hydrogen-bond acceptors (Lipinski definition) is 5. The molecule has 0 aliphatic heterocycles. The highest BCUT2D eigenvalue weighted by atomic mass is 19.1. The minimum Gasteiger partial charge on any atom is -0.426 e. The van der Waals surface area contributed by atoms with Gasteiger partial charge in [0.05, 0.1) is 5.94 Å². The van der Waals surface area contributed by atoms with Crippen LogP contribution in [-0.2, 0) is 11.2 Å². The van der Waals surface area contributed by atoms with E-state index >= 15 is 0 Å². The molecule has 7 nitrogen and oxygen atoms in total. The summed E-state index contributed by atoms with van der Waals surface area (Å²) in [6.07, 6.45) is 1.91. The number of nitrogens with zero attached hydrogens (tertiary/aromatic N) is 1. The number of rotatable bonds is 9. The first kappa shape index (κ1) is 22.5. The normalized spacial score (nSPS) is 12.9. The molecule has 154 valence electrons. The van der Waals surface area contributed by atoms with Gasteiger partial charge in [0.1, 0.15) is 17.6 Å². The summed E-state index contributed by atoms with van der Waals surface area (Å²) in [6, 6.07) is 9.40. The van der Waals surface area contributed by atoms with Crippen molar-refractivity contribution in [2.24, 2.45) is 5.92 Å². The third-order valence-electron chi connectivity index (χ3n) is 4.29. The van der Waals surface area contributed by atoms with Crippen LogP contribution < -0.4 is 10.6 Å². The van der Waals surface area contributed by atoms with E-state index in [1.54, 1.807) is 12.1 Å². The number of amides is 2. The molecule has 9 heteroatoms. The second kappa shape index (κ2) is 10.7. The Morgan fingerprint density at radius 3 is 2.34 bits per heavy atom. The lowest BCUT2D eigenvalue weighted by molar-refractivity contribution is -0.123. The van der Waals surface area contributed by atoms with Crippen molar-refractivity contribution in [1.82, 2.24) is 15.6 Å². The summed E-state index contributed by atoms with van der Waals surface area (Å²) in [6.45, 7) is 3.78. The molecule has 0 unspecified atom stereocenters. The Balaban J connectivity index is 2.19. The zero-order valence-electron chi connectivity index (χ0n) is 16.4. The minimum atomic E-state index is -1.74. The van der Waals surface area contributed by atoms with Gasteiger partial charge in [0.15, 0.2) is 0 Å². The van der Waals surface area contributed by atoms with E-state index in [0.717, 1.165) is 0 Å². The number of halogens is 1. The molecule has 2 rings (SSSR count). The molecule has 1 heterocycles. The summed E-state index contributed by atoms with van der Waals surface area (Å²) in [4.78, 5) is 29.3. The van der Waals surface area contributed by atoms with Gasteiger partial charge in [-0.15, -0.1) is 0 Å². The van der Waals surface area contributed by atoms with E-state index in [1.807, 2.05) is 13.8 Å². The molecule has 0 saturated heterocycles. The summed E-state index contributed by atoms with van der Waals surface area (Å²) < 4.78 is 13.2. The minimum absolute atomic E-state index is 0.0978. The molecule has 2 atom stereocenters. The number of nitrogens with one attached hydrogen (secondary N) is 2. The Kier molecular flexibility index (Phi) is 8.29. The van der Waals surface area contributed by atoms with Gasteiger partial charge in [-0.2, -0.15) is 0 Å². The molecule has 0 saturated carbocycles. The smallest absolute Gasteiger partial charge is 0.426 e. The first-order valence-electron chi connectivity index (χ1n) is 9.39. The second-order valence-electron chi connectivity index (χ2n) is 7.23. The SMILES string of the molecule is CC(C)C[C@@H](NC(=O)[C@H](Cc1ccc(F)cc1)NC(=O)c1ccccn1)B(O)O. The van der Waals surface area contributed by atoms with Crippen LogP contribution in [0.3, 0.4) is 0 Å². The van der Waals surface area contributed by atoms with Crippen molar-refractivity contribution in [2.45, 2.75) is 38.7 Å². The van der Waals surface area contributed by atoms with Gasteiger partial charge in [-0.3, -0.25) is 14.6 Å². The molecule has 0 fully saturated rings. The predicted octanol–water partition coefficient (Wildman–Crippen LogP) is 1.10. The second-order valence-corrected chi connectivity index (χ2v) is 7.23. The van der Waals surface area contributed by atoms with E-state index in [2.05, 4.69) is 15.6 Å². The molecule has 29 heavy (non-hydrogen) atoms. The average Bonchev–Trinajstić information content (AvgIpc) is 2.68. The van der Waals surface area contributed by atoms with Crippen LogP contribution in [-0.4, -0.2) is 45.9 Å². The van der Waals surface area contributed by atoms with Crippen molar-refractivity contribution < 1.29 is 24.0 Å². The summed E-state index contributed by atoms with van der Waals surface area (Å²) >= 11 is 0. The van der Waals surface area contributed by atoms with Gasteiger partial charge in [-0.1, -0.05) is 32.0 Å². The molecular weight excluding hydrogens is 376 g/mol. The number of pyridine rings is 1. The fraction of sp³-hybridized carbons (Fsp3) is 0.350. The molecule has 0 aliphatic rings. The van der Waals surface area contributed by atoms with Crippen molar-refractivity contribution in [3.05, 3.63) is 65.7 Å². The van der Waals surface area contributed by atoms with E-state index in [9.17, 15) is 24.0 Å². The van der Waals surface area contributed by atoms with E-state index in [4.69, 9.17) is 0 Å². The topological polar surface area (TPSA) is 112 Å². The monoisotopic (exact) mass is 401 g/mol. The maximum atomic E-state index is 13.2. The zero-order chi connectivity index (χ0) is 21.4. The van der Waals surface area contributed by atoms with Crippen molar-refractivity contribution in [1.29, 1.82) is 0 Å². The molecule has 1 aromatic heterocycles. The number of carbonyl (C=O) groups is 2. The molecule has 4 N–H and O–H groups in total. The highest BCUT2D eigenvalue weighted by Gasteiger charge is 2.30. The Morgan fingerprint density at radius 1 is 1.10 bits per heavy atom. The lowest BCUT2D eigenvalue weighted by Crippen LogP contribution is -2.55. The zero-order valence-corrected chi connectivity index (χ0v) is 16.4. The average molecular weight is 401 g/mol. The Hall–Kier alpha value is -2.78. The molecule has 2 aromatic rings. The molecule has 2 amide bonds.